The second-order valence-corrected chi connectivity index (χ2v) is 6.11. The highest BCUT2D eigenvalue weighted by Gasteiger charge is 2.29. The van der Waals surface area contributed by atoms with Gasteiger partial charge in [-0.3, -0.25) is 14.5 Å². The van der Waals surface area contributed by atoms with Crippen molar-refractivity contribution in [2.45, 2.75) is 13.3 Å². The number of methoxy groups -OCH3 is 1. The van der Waals surface area contributed by atoms with E-state index in [0.717, 1.165) is 28.7 Å². The number of carbonyl (C=O) groups excluding carboxylic acids is 2. The molecule has 114 valence electrons. The minimum atomic E-state index is -0.193. The summed E-state index contributed by atoms with van der Waals surface area (Å²) >= 11 is 3.43. The molecule has 1 atom stereocenters. The van der Waals surface area contributed by atoms with Gasteiger partial charge in [-0.1, -0.05) is 15.9 Å². The number of nitrogens with one attached hydrogen (secondary N) is 1. The molecule has 0 bridgehead atoms. The van der Waals surface area contributed by atoms with Crippen molar-refractivity contribution in [1.29, 1.82) is 0 Å². The van der Waals surface area contributed by atoms with Crippen molar-refractivity contribution in [2.75, 3.05) is 32.1 Å². The summed E-state index contributed by atoms with van der Waals surface area (Å²) in [6.45, 7) is 3.59. The van der Waals surface area contributed by atoms with Gasteiger partial charge in [-0.2, -0.15) is 0 Å². The van der Waals surface area contributed by atoms with Crippen LogP contribution in [0.2, 0.25) is 0 Å². The number of benzene rings is 1. The van der Waals surface area contributed by atoms with Crippen LogP contribution in [0.25, 0.3) is 0 Å². The number of hydrogen-bond acceptors (Lipinski definition) is 4. The highest BCUT2D eigenvalue weighted by molar-refractivity contribution is 9.10. The second kappa shape index (κ2) is 7.04. The zero-order valence-corrected chi connectivity index (χ0v) is 13.8. The molecule has 1 fully saturated rings. The summed E-state index contributed by atoms with van der Waals surface area (Å²) < 4.78 is 5.75. The Kier molecular flexibility index (Phi) is 5.36. The van der Waals surface area contributed by atoms with Crippen molar-refractivity contribution in [1.82, 2.24) is 4.90 Å². The van der Waals surface area contributed by atoms with Gasteiger partial charge in [0.15, 0.2) is 0 Å². The largest absolute Gasteiger partial charge is 0.469 e. The second-order valence-electron chi connectivity index (χ2n) is 5.26. The number of esters is 1. The zero-order valence-electron chi connectivity index (χ0n) is 12.2. The molecule has 0 aliphatic carbocycles. The Morgan fingerprint density at radius 3 is 2.90 bits per heavy atom. The summed E-state index contributed by atoms with van der Waals surface area (Å²) in [4.78, 5) is 25.5. The van der Waals surface area contributed by atoms with E-state index in [9.17, 15) is 9.59 Å². The number of likely N-dealkylation sites (tertiary alicyclic amines) is 1. The lowest BCUT2D eigenvalue weighted by molar-refractivity contribution is -0.145. The summed E-state index contributed by atoms with van der Waals surface area (Å²) in [6.07, 6.45) is 0.747. The van der Waals surface area contributed by atoms with E-state index in [4.69, 9.17) is 4.74 Å². The monoisotopic (exact) mass is 354 g/mol. The van der Waals surface area contributed by atoms with Crippen molar-refractivity contribution < 1.29 is 14.3 Å². The molecule has 1 aromatic carbocycles. The number of rotatable bonds is 4. The Hall–Kier alpha value is -1.40. The molecule has 1 aliphatic heterocycles. The lowest BCUT2D eigenvalue weighted by atomic mass is 10.1. The maximum Gasteiger partial charge on any atom is 0.310 e. The lowest BCUT2D eigenvalue weighted by Gasteiger charge is -2.15. The number of nitrogens with zero attached hydrogens (tertiary/aromatic N) is 1. The van der Waals surface area contributed by atoms with Crippen molar-refractivity contribution in [3.63, 3.8) is 0 Å². The van der Waals surface area contributed by atoms with Gasteiger partial charge in [0.05, 0.1) is 19.6 Å². The molecule has 1 aromatic rings. The molecule has 1 amide bonds. The average molecular weight is 355 g/mol. The first-order chi connectivity index (χ1) is 9.99. The molecule has 1 unspecified atom stereocenters. The molecular weight excluding hydrogens is 336 g/mol. The summed E-state index contributed by atoms with van der Waals surface area (Å²) in [5.74, 6) is -0.374. The number of carbonyl (C=O) groups is 2. The van der Waals surface area contributed by atoms with Crippen LogP contribution in [-0.2, 0) is 14.3 Å². The smallest absolute Gasteiger partial charge is 0.310 e. The van der Waals surface area contributed by atoms with Gasteiger partial charge >= 0.3 is 5.97 Å². The third-order valence-electron chi connectivity index (χ3n) is 3.62. The van der Waals surface area contributed by atoms with Crippen LogP contribution >= 0.6 is 15.9 Å². The van der Waals surface area contributed by atoms with Gasteiger partial charge in [-0.15, -0.1) is 0 Å². The minimum Gasteiger partial charge on any atom is -0.469 e. The highest BCUT2D eigenvalue weighted by atomic mass is 79.9. The van der Waals surface area contributed by atoms with Gasteiger partial charge in [0.25, 0.3) is 0 Å². The molecule has 1 heterocycles. The summed E-state index contributed by atoms with van der Waals surface area (Å²) in [5, 5.41) is 2.88. The van der Waals surface area contributed by atoms with E-state index in [0.29, 0.717) is 13.1 Å². The molecule has 0 aromatic heterocycles. The van der Waals surface area contributed by atoms with E-state index in [-0.39, 0.29) is 17.8 Å². The predicted octanol–water partition coefficient (Wildman–Crippen LogP) is 2.19. The van der Waals surface area contributed by atoms with Crippen LogP contribution in [-0.4, -0.2) is 43.5 Å². The fourth-order valence-corrected chi connectivity index (χ4v) is 2.71. The molecule has 6 heteroatoms. The Labute approximate surface area is 132 Å². The van der Waals surface area contributed by atoms with Crippen LogP contribution < -0.4 is 5.32 Å². The SMILES string of the molecule is COC(=O)C1CCN(CC(=O)Nc2ccc(Br)c(C)c2)C1. The third kappa shape index (κ3) is 4.28. The summed E-state index contributed by atoms with van der Waals surface area (Å²) in [5.41, 5.74) is 1.85. The Bertz CT molecular complexity index is 548. The van der Waals surface area contributed by atoms with E-state index in [2.05, 4.69) is 21.2 Å². The molecule has 0 radical (unpaired) electrons. The van der Waals surface area contributed by atoms with Gasteiger partial charge in [0.1, 0.15) is 0 Å². The Balaban J connectivity index is 1.85. The molecule has 0 saturated carbocycles. The van der Waals surface area contributed by atoms with Crippen LogP contribution in [0.3, 0.4) is 0 Å². The molecule has 0 spiro atoms. The first-order valence-corrected chi connectivity index (χ1v) is 7.65. The number of amides is 1. The topological polar surface area (TPSA) is 58.6 Å². The fourth-order valence-electron chi connectivity index (χ4n) is 2.46. The maximum absolute atomic E-state index is 12.0. The van der Waals surface area contributed by atoms with Crippen LogP contribution in [0, 0.1) is 12.8 Å². The molecule has 2 rings (SSSR count). The van der Waals surface area contributed by atoms with Gasteiger partial charge in [-0.05, 0) is 43.7 Å². The standard InChI is InChI=1S/C15H19BrN2O3/c1-10-7-12(3-4-13(10)16)17-14(19)9-18-6-5-11(8-18)15(20)21-2/h3-4,7,11H,5-6,8-9H2,1-2H3,(H,17,19). The zero-order chi connectivity index (χ0) is 15.4. The van der Waals surface area contributed by atoms with Gasteiger partial charge in [0.2, 0.25) is 5.91 Å². The molecule has 21 heavy (non-hydrogen) atoms. The number of aryl methyl sites for hydroxylation is 1. The van der Waals surface area contributed by atoms with Gasteiger partial charge in [0, 0.05) is 16.7 Å². The summed E-state index contributed by atoms with van der Waals surface area (Å²) in [6, 6.07) is 5.69. The van der Waals surface area contributed by atoms with E-state index >= 15 is 0 Å². The predicted molar refractivity (Wildman–Crippen MR) is 84.1 cm³/mol. The molecule has 1 aliphatic rings. The average Bonchev–Trinajstić information content (AvgIpc) is 2.90. The fraction of sp³-hybridized carbons (Fsp3) is 0.467. The van der Waals surface area contributed by atoms with Gasteiger partial charge < -0.3 is 10.1 Å². The molecule has 1 saturated heterocycles. The maximum atomic E-state index is 12.0. The first kappa shape index (κ1) is 16.0. The molecular formula is C15H19BrN2O3. The van der Waals surface area contributed by atoms with E-state index in [1.807, 2.05) is 30.0 Å². The van der Waals surface area contributed by atoms with Gasteiger partial charge in [-0.25, -0.2) is 0 Å². The van der Waals surface area contributed by atoms with Crippen molar-refractivity contribution in [3.05, 3.63) is 28.2 Å². The number of hydrogen-bond donors (Lipinski definition) is 1. The number of halogens is 1. The quantitative estimate of drug-likeness (QED) is 0.842. The summed E-state index contributed by atoms with van der Waals surface area (Å²) in [7, 11) is 1.40. The van der Waals surface area contributed by atoms with Crippen molar-refractivity contribution in [3.8, 4) is 0 Å². The number of ether oxygens (including phenoxy) is 1. The normalized spacial score (nSPS) is 18.5. The lowest BCUT2D eigenvalue weighted by Crippen LogP contribution is -2.32. The molecule has 1 N–H and O–H groups in total. The Morgan fingerprint density at radius 1 is 1.48 bits per heavy atom. The van der Waals surface area contributed by atoms with E-state index in [1.165, 1.54) is 7.11 Å². The molecule has 5 nitrogen and oxygen atoms in total. The highest BCUT2D eigenvalue weighted by Crippen LogP contribution is 2.20. The van der Waals surface area contributed by atoms with Crippen molar-refractivity contribution in [2.24, 2.45) is 5.92 Å². The first-order valence-electron chi connectivity index (χ1n) is 6.86. The van der Waals surface area contributed by atoms with Crippen LogP contribution in [0.4, 0.5) is 5.69 Å². The van der Waals surface area contributed by atoms with Crippen LogP contribution in [0.5, 0.6) is 0 Å². The van der Waals surface area contributed by atoms with E-state index in [1.54, 1.807) is 0 Å². The van der Waals surface area contributed by atoms with Crippen LogP contribution in [0.15, 0.2) is 22.7 Å². The number of anilines is 1. The van der Waals surface area contributed by atoms with Crippen molar-refractivity contribution >= 4 is 33.5 Å². The Morgan fingerprint density at radius 2 is 2.24 bits per heavy atom. The van der Waals surface area contributed by atoms with E-state index < -0.39 is 0 Å². The van der Waals surface area contributed by atoms with Crippen LogP contribution in [0.1, 0.15) is 12.0 Å². The third-order valence-corrected chi connectivity index (χ3v) is 4.51. The minimum absolute atomic E-state index is 0.0674.